The van der Waals surface area contributed by atoms with Crippen molar-refractivity contribution < 1.29 is 14.3 Å². The average Bonchev–Trinajstić information content (AvgIpc) is 2.56. The fraction of sp³-hybridized carbons (Fsp3) is 0.278. The Bertz CT molecular complexity index is 647. The molecule has 2 rings (SSSR count). The van der Waals surface area contributed by atoms with Gasteiger partial charge in [0.1, 0.15) is 5.82 Å². The molecule has 2 aromatic carbocycles. The van der Waals surface area contributed by atoms with Crippen molar-refractivity contribution >= 4 is 11.7 Å². The molecule has 0 aliphatic rings. The van der Waals surface area contributed by atoms with Crippen molar-refractivity contribution in [3.05, 3.63) is 65.5 Å². The molecule has 0 radical (unpaired) electrons. The predicted molar refractivity (Wildman–Crippen MR) is 88.8 cm³/mol. The van der Waals surface area contributed by atoms with Gasteiger partial charge in [-0.1, -0.05) is 36.4 Å². The summed E-state index contributed by atoms with van der Waals surface area (Å²) in [4.78, 5) is 12.2. The molecule has 2 amide bonds. The number of benzene rings is 2. The van der Waals surface area contributed by atoms with Gasteiger partial charge in [-0.15, -0.1) is 0 Å². The highest BCUT2D eigenvalue weighted by molar-refractivity contribution is 5.90. The molecule has 0 fully saturated rings. The number of amides is 2. The molecule has 1 atom stereocenters. The molecule has 0 saturated carbocycles. The number of carbonyl (C=O) groups excluding carboxylic acids is 1. The minimum Gasteiger partial charge on any atom is -0.396 e. The predicted octanol–water partition coefficient (Wildman–Crippen LogP) is 3.77. The number of rotatable bonds is 6. The van der Waals surface area contributed by atoms with Crippen LogP contribution in [-0.2, 0) is 0 Å². The van der Waals surface area contributed by atoms with E-state index in [1.807, 2.05) is 30.3 Å². The molecule has 2 aromatic rings. The van der Waals surface area contributed by atoms with Crippen molar-refractivity contribution in [2.45, 2.75) is 25.8 Å². The first kappa shape index (κ1) is 17.0. The van der Waals surface area contributed by atoms with Gasteiger partial charge in [0.2, 0.25) is 0 Å². The second kappa shape index (κ2) is 8.29. The number of urea groups is 1. The van der Waals surface area contributed by atoms with Gasteiger partial charge in [0.25, 0.3) is 0 Å². The topological polar surface area (TPSA) is 61.4 Å². The van der Waals surface area contributed by atoms with Crippen molar-refractivity contribution in [3.63, 3.8) is 0 Å². The molecule has 3 N–H and O–H groups in total. The van der Waals surface area contributed by atoms with Crippen LogP contribution in [0.15, 0.2) is 48.5 Å². The van der Waals surface area contributed by atoms with Crippen LogP contribution >= 0.6 is 0 Å². The lowest BCUT2D eigenvalue weighted by Gasteiger charge is -2.20. The monoisotopic (exact) mass is 316 g/mol. The van der Waals surface area contributed by atoms with E-state index in [0.29, 0.717) is 24.1 Å². The Morgan fingerprint density at radius 3 is 2.61 bits per heavy atom. The molecular formula is C18H21FN2O2. The van der Waals surface area contributed by atoms with Crippen molar-refractivity contribution in [2.75, 3.05) is 11.9 Å². The highest BCUT2D eigenvalue weighted by Gasteiger charge is 2.15. The Hall–Kier alpha value is -2.40. The van der Waals surface area contributed by atoms with Crippen LogP contribution < -0.4 is 10.6 Å². The Balaban J connectivity index is 2.07. The lowest BCUT2D eigenvalue weighted by Crippen LogP contribution is -2.33. The molecule has 4 nitrogen and oxygen atoms in total. The zero-order valence-corrected chi connectivity index (χ0v) is 13.1. The molecule has 1 unspecified atom stereocenters. The summed E-state index contributed by atoms with van der Waals surface area (Å²) in [6.45, 7) is 1.68. The molecule has 0 heterocycles. The summed E-state index contributed by atoms with van der Waals surface area (Å²) in [5.74, 6) is -0.359. The Morgan fingerprint density at radius 1 is 1.17 bits per heavy atom. The molecule has 0 bridgehead atoms. The van der Waals surface area contributed by atoms with E-state index in [1.54, 1.807) is 19.1 Å². The summed E-state index contributed by atoms with van der Waals surface area (Å²) in [6, 6.07) is 13.5. The SMILES string of the molecule is Cc1c(F)cccc1NC(=O)NC(CCCO)c1ccccc1. The highest BCUT2D eigenvalue weighted by Crippen LogP contribution is 2.20. The van der Waals surface area contributed by atoms with Gasteiger partial charge >= 0.3 is 6.03 Å². The first-order valence-corrected chi connectivity index (χ1v) is 7.60. The average molecular weight is 316 g/mol. The van der Waals surface area contributed by atoms with E-state index in [9.17, 15) is 9.18 Å². The molecule has 23 heavy (non-hydrogen) atoms. The molecule has 0 aliphatic carbocycles. The van der Waals surface area contributed by atoms with Crippen LogP contribution in [0.1, 0.15) is 30.0 Å². The van der Waals surface area contributed by atoms with Crippen molar-refractivity contribution in [2.24, 2.45) is 0 Å². The molecule has 5 heteroatoms. The third-order valence-electron chi connectivity index (χ3n) is 3.67. The summed E-state index contributed by atoms with van der Waals surface area (Å²) in [6.07, 6.45) is 1.20. The molecular weight excluding hydrogens is 295 g/mol. The lowest BCUT2D eigenvalue weighted by molar-refractivity contribution is 0.243. The van der Waals surface area contributed by atoms with E-state index < -0.39 is 6.03 Å². The van der Waals surface area contributed by atoms with Gasteiger partial charge in [-0.25, -0.2) is 9.18 Å². The first-order valence-electron chi connectivity index (χ1n) is 7.60. The number of hydrogen-bond acceptors (Lipinski definition) is 2. The Labute approximate surface area is 135 Å². The molecule has 0 aromatic heterocycles. The van der Waals surface area contributed by atoms with E-state index in [-0.39, 0.29) is 18.5 Å². The van der Waals surface area contributed by atoms with E-state index in [0.717, 1.165) is 5.56 Å². The van der Waals surface area contributed by atoms with Gasteiger partial charge in [0, 0.05) is 17.9 Å². The maximum absolute atomic E-state index is 13.5. The number of anilines is 1. The summed E-state index contributed by atoms with van der Waals surface area (Å²) in [7, 11) is 0. The number of aliphatic hydroxyl groups excluding tert-OH is 1. The minimum absolute atomic E-state index is 0.0651. The zero-order chi connectivity index (χ0) is 16.7. The maximum Gasteiger partial charge on any atom is 0.319 e. The van der Waals surface area contributed by atoms with Gasteiger partial charge in [0.05, 0.1) is 6.04 Å². The van der Waals surface area contributed by atoms with Crippen molar-refractivity contribution in [3.8, 4) is 0 Å². The van der Waals surface area contributed by atoms with Crippen LogP contribution in [-0.4, -0.2) is 17.7 Å². The fourth-order valence-corrected chi connectivity index (χ4v) is 2.36. The van der Waals surface area contributed by atoms with Gasteiger partial charge in [0.15, 0.2) is 0 Å². The van der Waals surface area contributed by atoms with Crippen molar-refractivity contribution in [1.82, 2.24) is 5.32 Å². The second-order valence-corrected chi connectivity index (χ2v) is 5.34. The number of hydrogen-bond donors (Lipinski definition) is 3. The standard InChI is InChI=1S/C18H21FN2O2/c1-13-15(19)9-5-10-16(13)20-18(23)21-17(11-6-12-22)14-7-3-2-4-8-14/h2-5,7-10,17,22H,6,11-12H2,1H3,(H2,20,21,23). The summed E-state index contributed by atoms with van der Waals surface area (Å²) in [5.41, 5.74) is 1.80. The Morgan fingerprint density at radius 2 is 1.91 bits per heavy atom. The van der Waals surface area contributed by atoms with E-state index in [4.69, 9.17) is 5.11 Å². The number of halogens is 1. The van der Waals surface area contributed by atoms with Crippen LogP contribution in [0.4, 0.5) is 14.9 Å². The Kier molecular flexibility index (Phi) is 6.11. The third-order valence-corrected chi connectivity index (χ3v) is 3.67. The zero-order valence-electron chi connectivity index (χ0n) is 13.1. The molecule has 0 aliphatic heterocycles. The van der Waals surface area contributed by atoms with Crippen LogP contribution in [0.2, 0.25) is 0 Å². The van der Waals surface area contributed by atoms with E-state index in [2.05, 4.69) is 10.6 Å². The smallest absolute Gasteiger partial charge is 0.319 e. The number of carbonyl (C=O) groups is 1. The summed E-state index contributed by atoms with van der Waals surface area (Å²) in [5, 5.41) is 14.6. The quantitative estimate of drug-likeness (QED) is 0.759. The number of aliphatic hydroxyl groups is 1. The van der Waals surface area contributed by atoms with Crippen molar-refractivity contribution in [1.29, 1.82) is 0 Å². The van der Waals surface area contributed by atoms with Crippen LogP contribution in [0.3, 0.4) is 0 Å². The largest absolute Gasteiger partial charge is 0.396 e. The van der Waals surface area contributed by atoms with Gasteiger partial charge in [-0.3, -0.25) is 0 Å². The fourth-order valence-electron chi connectivity index (χ4n) is 2.36. The maximum atomic E-state index is 13.5. The lowest BCUT2D eigenvalue weighted by atomic mass is 10.0. The third kappa shape index (κ3) is 4.79. The molecule has 0 saturated heterocycles. The van der Waals surface area contributed by atoms with Gasteiger partial charge in [-0.05, 0) is 37.5 Å². The molecule has 122 valence electrons. The van der Waals surface area contributed by atoms with E-state index in [1.165, 1.54) is 6.07 Å². The molecule has 0 spiro atoms. The van der Waals surface area contributed by atoms with Crippen LogP contribution in [0, 0.1) is 12.7 Å². The minimum atomic E-state index is -0.398. The van der Waals surface area contributed by atoms with Gasteiger partial charge < -0.3 is 15.7 Å². The normalized spacial score (nSPS) is 11.8. The first-order chi connectivity index (χ1) is 11.1. The summed E-state index contributed by atoms with van der Waals surface area (Å²) < 4.78 is 13.5. The summed E-state index contributed by atoms with van der Waals surface area (Å²) >= 11 is 0. The second-order valence-electron chi connectivity index (χ2n) is 5.34. The van der Waals surface area contributed by atoms with Crippen LogP contribution in [0.25, 0.3) is 0 Å². The highest BCUT2D eigenvalue weighted by atomic mass is 19.1. The van der Waals surface area contributed by atoms with E-state index >= 15 is 0 Å². The van der Waals surface area contributed by atoms with Crippen LogP contribution in [0.5, 0.6) is 0 Å². The number of nitrogens with one attached hydrogen (secondary N) is 2. The van der Waals surface area contributed by atoms with Gasteiger partial charge in [-0.2, -0.15) is 0 Å².